The van der Waals surface area contributed by atoms with E-state index in [4.69, 9.17) is 0 Å². The van der Waals surface area contributed by atoms with Crippen LogP contribution in [-0.4, -0.2) is 23.3 Å². The van der Waals surface area contributed by atoms with Crippen LogP contribution in [0.4, 0.5) is 0 Å². The molecule has 5 heteroatoms. The van der Waals surface area contributed by atoms with Crippen molar-refractivity contribution in [2.45, 2.75) is 11.4 Å². The molecule has 0 fully saturated rings. The minimum Gasteiger partial charge on any atom is -0.335 e. The van der Waals surface area contributed by atoms with Crippen LogP contribution in [0.15, 0.2) is 33.9 Å². The van der Waals surface area contributed by atoms with Crippen LogP contribution >= 0.6 is 27.7 Å². The number of aromatic nitrogens is 2. The van der Waals surface area contributed by atoms with Crippen molar-refractivity contribution in [2.75, 3.05) is 13.3 Å². The fourth-order valence-electron chi connectivity index (χ4n) is 1.67. The number of hydrogen-bond acceptors (Lipinski definition) is 3. The monoisotopic (exact) mass is 311 g/mol. The van der Waals surface area contributed by atoms with Gasteiger partial charge in [-0.3, -0.25) is 0 Å². The Bertz CT molecular complexity index is 493. The first-order valence-corrected chi connectivity index (χ1v) is 7.29. The van der Waals surface area contributed by atoms with E-state index >= 15 is 0 Å². The van der Waals surface area contributed by atoms with Crippen molar-refractivity contribution >= 4 is 27.7 Å². The summed E-state index contributed by atoms with van der Waals surface area (Å²) in [4.78, 5) is 8.94. The maximum absolute atomic E-state index is 4.47. The minimum absolute atomic E-state index is 0.770. The van der Waals surface area contributed by atoms with Crippen LogP contribution in [0.2, 0.25) is 0 Å². The molecule has 90 valence electrons. The van der Waals surface area contributed by atoms with E-state index in [2.05, 4.69) is 61.7 Å². The van der Waals surface area contributed by atoms with Crippen molar-refractivity contribution in [1.29, 1.82) is 0 Å². The van der Waals surface area contributed by atoms with Gasteiger partial charge in [0.05, 0.1) is 11.4 Å². The molecule has 1 aromatic carbocycles. The largest absolute Gasteiger partial charge is 0.335 e. The Kier molecular flexibility index (Phi) is 4.25. The quantitative estimate of drug-likeness (QED) is 0.851. The standard InChI is InChI=1S/C12H14BrN3S/c1-14-7-10-11(16-12(13)15-10)8-3-5-9(17-2)6-4-8/h3-6,14H,7H2,1-2H3,(H,15,16). The summed E-state index contributed by atoms with van der Waals surface area (Å²) in [6.07, 6.45) is 2.08. The van der Waals surface area contributed by atoms with Gasteiger partial charge >= 0.3 is 0 Å². The molecule has 0 amide bonds. The first-order chi connectivity index (χ1) is 8.24. The number of nitrogens with zero attached hydrogens (tertiary/aromatic N) is 1. The maximum Gasteiger partial charge on any atom is 0.175 e. The van der Waals surface area contributed by atoms with E-state index in [1.54, 1.807) is 11.8 Å². The van der Waals surface area contributed by atoms with Crippen molar-refractivity contribution in [3.63, 3.8) is 0 Å². The van der Waals surface area contributed by atoms with Gasteiger partial charge in [-0.15, -0.1) is 11.8 Å². The number of thioether (sulfide) groups is 1. The summed E-state index contributed by atoms with van der Waals surface area (Å²) in [5.41, 5.74) is 3.23. The van der Waals surface area contributed by atoms with Gasteiger partial charge in [-0.25, -0.2) is 4.98 Å². The van der Waals surface area contributed by atoms with Gasteiger partial charge in [0.2, 0.25) is 0 Å². The third kappa shape index (κ3) is 2.91. The van der Waals surface area contributed by atoms with Crippen LogP contribution in [0.25, 0.3) is 11.3 Å². The SMILES string of the molecule is CNCc1[nH]c(Br)nc1-c1ccc(SC)cc1. The molecule has 0 aliphatic heterocycles. The number of rotatable bonds is 4. The highest BCUT2D eigenvalue weighted by molar-refractivity contribution is 9.10. The third-order valence-electron chi connectivity index (χ3n) is 2.47. The van der Waals surface area contributed by atoms with Gasteiger partial charge < -0.3 is 10.3 Å². The van der Waals surface area contributed by atoms with Gasteiger partial charge in [0.15, 0.2) is 4.73 Å². The Morgan fingerprint density at radius 1 is 1.35 bits per heavy atom. The van der Waals surface area contributed by atoms with Gasteiger partial charge in [-0.05, 0) is 41.4 Å². The molecule has 0 atom stereocenters. The molecule has 1 heterocycles. The maximum atomic E-state index is 4.47. The number of aromatic amines is 1. The van der Waals surface area contributed by atoms with Crippen LogP contribution < -0.4 is 5.32 Å². The van der Waals surface area contributed by atoms with Crippen LogP contribution in [0.1, 0.15) is 5.69 Å². The first-order valence-electron chi connectivity index (χ1n) is 5.28. The summed E-state index contributed by atoms with van der Waals surface area (Å²) >= 11 is 5.12. The van der Waals surface area contributed by atoms with Crippen molar-refractivity contribution in [2.24, 2.45) is 0 Å². The van der Waals surface area contributed by atoms with Crippen LogP contribution in [0, 0.1) is 0 Å². The molecule has 0 aliphatic rings. The van der Waals surface area contributed by atoms with E-state index in [1.807, 2.05) is 7.05 Å². The number of benzene rings is 1. The average Bonchev–Trinajstić information content (AvgIpc) is 2.71. The molecule has 0 bridgehead atoms. The molecular formula is C12H14BrN3S. The summed E-state index contributed by atoms with van der Waals surface area (Å²) in [5, 5.41) is 3.13. The Balaban J connectivity index is 2.37. The van der Waals surface area contributed by atoms with E-state index in [0.29, 0.717) is 0 Å². The van der Waals surface area contributed by atoms with E-state index in [9.17, 15) is 0 Å². The lowest BCUT2D eigenvalue weighted by Gasteiger charge is -2.03. The average molecular weight is 312 g/mol. The molecule has 0 saturated heterocycles. The van der Waals surface area contributed by atoms with Crippen LogP contribution in [-0.2, 0) is 6.54 Å². The number of H-pyrrole nitrogens is 1. The van der Waals surface area contributed by atoms with Gasteiger partial charge in [0.25, 0.3) is 0 Å². The van der Waals surface area contributed by atoms with Crippen molar-refractivity contribution in [1.82, 2.24) is 15.3 Å². The molecule has 0 aliphatic carbocycles. The van der Waals surface area contributed by atoms with E-state index < -0.39 is 0 Å². The minimum atomic E-state index is 0.770. The number of halogens is 1. The lowest BCUT2D eigenvalue weighted by Crippen LogP contribution is -2.06. The molecule has 0 spiro atoms. The highest BCUT2D eigenvalue weighted by Crippen LogP contribution is 2.25. The predicted molar refractivity (Wildman–Crippen MR) is 76.3 cm³/mol. The normalized spacial score (nSPS) is 10.8. The van der Waals surface area contributed by atoms with E-state index in [-0.39, 0.29) is 0 Å². The molecule has 2 N–H and O–H groups in total. The molecule has 2 aromatic rings. The van der Waals surface area contributed by atoms with E-state index in [1.165, 1.54) is 4.90 Å². The number of nitrogens with one attached hydrogen (secondary N) is 2. The second-order valence-electron chi connectivity index (χ2n) is 3.61. The highest BCUT2D eigenvalue weighted by Gasteiger charge is 2.10. The molecule has 17 heavy (non-hydrogen) atoms. The summed E-state index contributed by atoms with van der Waals surface area (Å²) in [7, 11) is 1.93. The van der Waals surface area contributed by atoms with Crippen molar-refractivity contribution < 1.29 is 0 Å². The Hall–Kier alpha value is -0.780. The fourth-order valence-corrected chi connectivity index (χ4v) is 2.49. The summed E-state index contributed by atoms with van der Waals surface area (Å²) in [6, 6.07) is 8.44. The van der Waals surface area contributed by atoms with Crippen molar-refractivity contribution in [3.8, 4) is 11.3 Å². The Morgan fingerprint density at radius 2 is 2.06 bits per heavy atom. The lowest BCUT2D eigenvalue weighted by molar-refractivity contribution is 0.797. The second kappa shape index (κ2) is 5.71. The summed E-state index contributed by atoms with van der Waals surface area (Å²) in [5.74, 6) is 0. The summed E-state index contributed by atoms with van der Waals surface area (Å²) in [6.45, 7) is 0.776. The number of hydrogen-bond donors (Lipinski definition) is 2. The lowest BCUT2D eigenvalue weighted by atomic mass is 10.1. The van der Waals surface area contributed by atoms with Gasteiger partial charge in [0, 0.05) is 17.0 Å². The Morgan fingerprint density at radius 3 is 2.65 bits per heavy atom. The fraction of sp³-hybridized carbons (Fsp3) is 0.250. The zero-order chi connectivity index (χ0) is 12.3. The molecule has 0 unspecified atom stereocenters. The summed E-state index contributed by atoms with van der Waals surface area (Å²) < 4.78 is 0.770. The zero-order valence-electron chi connectivity index (χ0n) is 9.75. The van der Waals surface area contributed by atoms with Gasteiger partial charge in [-0.2, -0.15) is 0 Å². The van der Waals surface area contributed by atoms with Crippen LogP contribution in [0.3, 0.4) is 0 Å². The molecule has 2 rings (SSSR count). The van der Waals surface area contributed by atoms with Crippen molar-refractivity contribution in [3.05, 3.63) is 34.7 Å². The van der Waals surface area contributed by atoms with Gasteiger partial charge in [-0.1, -0.05) is 12.1 Å². The smallest absolute Gasteiger partial charge is 0.175 e. The third-order valence-corrected chi connectivity index (χ3v) is 3.59. The topological polar surface area (TPSA) is 40.7 Å². The molecule has 3 nitrogen and oxygen atoms in total. The molecule has 0 radical (unpaired) electrons. The Labute approximate surface area is 114 Å². The van der Waals surface area contributed by atoms with Gasteiger partial charge in [0.1, 0.15) is 0 Å². The molecular weight excluding hydrogens is 298 g/mol. The zero-order valence-corrected chi connectivity index (χ0v) is 12.2. The predicted octanol–water partition coefficient (Wildman–Crippen LogP) is 3.28. The molecule has 1 aromatic heterocycles. The number of imidazole rings is 1. The second-order valence-corrected chi connectivity index (χ2v) is 5.24. The highest BCUT2D eigenvalue weighted by atomic mass is 79.9. The van der Waals surface area contributed by atoms with E-state index in [0.717, 1.165) is 28.2 Å². The van der Waals surface area contributed by atoms with Crippen LogP contribution in [0.5, 0.6) is 0 Å². The first kappa shape index (κ1) is 12.7. The molecule has 0 saturated carbocycles.